The molecule has 0 atom stereocenters. The fourth-order valence-corrected chi connectivity index (χ4v) is 1.95. The van der Waals surface area contributed by atoms with Crippen LogP contribution in [0.25, 0.3) is 0 Å². The standard InChI is InChI=1S/C10H18BrNO2/c1-14-10(4-2-5-10)8-9(13)12-7-3-6-11/h2-8H2,1H3,(H,12,13). The Labute approximate surface area is 93.7 Å². The first-order chi connectivity index (χ1) is 6.72. The van der Waals surface area contributed by atoms with Crippen LogP contribution >= 0.6 is 15.9 Å². The van der Waals surface area contributed by atoms with E-state index in [1.165, 1.54) is 6.42 Å². The Morgan fingerprint density at radius 1 is 1.57 bits per heavy atom. The molecule has 1 aliphatic carbocycles. The molecule has 0 aliphatic heterocycles. The van der Waals surface area contributed by atoms with Gasteiger partial charge in [0.1, 0.15) is 0 Å². The molecule has 4 heteroatoms. The second-order valence-corrected chi connectivity index (χ2v) is 4.60. The highest BCUT2D eigenvalue weighted by atomic mass is 79.9. The summed E-state index contributed by atoms with van der Waals surface area (Å²) in [6.07, 6.45) is 4.73. The van der Waals surface area contributed by atoms with Gasteiger partial charge in [-0.15, -0.1) is 0 Å². The average molecular weight is 264 g/mol. The molecule has 1 rings (SSSR count). The zero-order chi connectivity index (χ0) is 10.4. The van der Waals surface area contributed by atoms with Crippen LogP contribution in [0.1, 0.15) is 32.1 Å². The first kappa shape index (κ1) is 12.0. The van der Waals surface area contributed by atoms with E-state index in [-0.39, 0.29) is 11.5 Å². The monoisotopic (exact) mass is 263 g/mol. The van der Waals surface area contributed by atoms with E-state index in [0.717, 1.165) is 31.1 Å². The zero-order valence-corrected chi connectivity index (χ0v) is 10.2. The number of amides is 1. The molecular formula is C10H18BrNO2. The SMILES string of the molecule is COC1(CC(=O)NCCCBr)CCC1. The van der Waals surface area contributed by atoms with Crippen molar-refractivity contribution in [3.05, 3.63) is 0 Å². The van der Waals surface area contributed by atoms with Gasteiger partial charge < -0.3 is 10.1 Å². The van der Waals surface area contributed by atoms with Crippen molar-refractivity contribution >= 4 is 21.8 Å². The number of ether oxygens (including phenoxy) is 1. The molecule has 1 amide bonds. The van der Waals surface area contributed by atoms with Crippen LogP contribution in [-0.2, 0) is 9.53 Å². The topological polar surface area (TPSA) is 38.3 Å². The predicted octanol–water partition coefficient (Wildman–Crippen LogP) is 1.85. The summed E-state index contributed by atoms with van der Waals surface area (Å²) in [7, 11) is 1.70. The van der Waals surface area contributed by atoms with Crippen LogP contribution in [-0.4, -0.2) is 30.5 Å². The first-order valence-corrected chi connectivity index (χ1v) is 6.22. The Hall–Kier alpha value is -0.0900. The maximum Gasteiger partial charge on any atom is 0.222 e. The van der Waals surface area contributed by atoms with E-state index in [2.05, 4.69) is 21.2 Å². The molecule has 82 valence electrons. The van der Waals surface area contributed by atoms with Crippen LogP contribution in [0.2, 0.25) is 0 Å². The maximum absolute atomic E-state index is 11.5. The summed E-state index contributed by atoms with van der Waals surface area (Å²) >= 11 is 3.32. The van der Waals surface area contributed by atoms with Crippen molar-refractivity contribution in [2.24, 2.45) is 0 Å². The van der Waals surface area contributed by atoms with Gasteiger partial charge in [0.15, 0.2) is 0 Å². The molecule has 0 aromatic carbocycles. The highest BCUT2D eigenvalue weighted by Crippen LogP contribution is 2.37. The molecule has 0 spiro atoms. The smallest absolute Gasteiger partial charge is 0.222 e. The molecule has 0 saturated heterocycles. The van der Waals surface area contributed by atoms with E-state index >= 15 is 0 Å². The van der Waals surface area contributed by atoms with E-state index in [0.29, 0.717) is 6.42 Å². The minimum atomic E-state index is -0.140. The summed E-state index contributed by atoms with van der Waals surface area (Å²) in [5.74, 6) is 0.118. The minimum Gasteiger partial charge on any atom is -0.378 e. The molecule has 1 fully saturated rings. The van der Waals surface area contributed by atoms with Crippen molar-refractivity contribution in [2.75, 3.05) is 19.0 Å². The number of hydrogen-bond acceptors (Lipinski definition) is 2. The van der Waals surface area contributed by atoms with Crippen molar-refractivity contribution in [3.8, 4) is 0 Å². The van der Waals surface area contributed by atoms with Crippen molar-refractivity contribution in [2.45, 2.75) is 37.7 Å². The third-order valence-electron chi connectivity index (χ3n) is 2.81. The lowest BCUT2D eigenvalue weighted by molar-refractivity contribution is -0.134. The van der Waals surface area contributed by atoms with Crippen molar-refractivity contribution in [3.63, 3.8) is 0 Å². The molecule has 0 heterocycles. The number of carbonyl (C=O) groups is 1. The fourth-order valence-electron chi connectivity index (χ4n) is 1.67. The molecule has 3 nitrogen and oxygen atoms in total. The van der Waals surface area contributed by atoms with E-state index in [1.807, 2.05) is 0 Å². The van der Waals surface area contributed by atoms with Gasteiger partial charge in [0, 0.05) is 19.0 Å². The van der Waals surface area contributed by atoms with Crippen LogP contribution in [0.5, 0.6) is 0 Å². The fraction of sp³-hybridized carbons (Fsp3) is 0.900. The summed E-state index contributed by atoms with van der Waals surface area (Å²) in [6, 6.07) is 0. The molecule has 1 N–H and O–H groups in total. The molecular weight excluding hydrogens is 246 g/mol. The van der Waals surface area contributed by atoms with Crippen LogP contribution in [0.15, 0.2) is 0 Å². The Morgan fingerprint density at radius 2 is 2.29 bits per heavy atom. The van der Waals surface area contributed by atoms with Gasteiger partial charge in [-0.1, -0.05) is 15.9 Å². The van der Waals surface area contributed by atoms with Gasteiger partial charge in [0.25, 0.3) is 0 Å². The van der Waals surface area contributed by atoms with Gasteiger partial charge in [0.05, 0.1) is 12.0 Å². The van der Waals surface area contributed by atoms with Gasteiger partial charge in [-0.2, -0.15) is 0 Å². The number of rotatable bonds is 6. The van der Waals surface area contributed by atoms with Gasteiger partial charge >= 0.3 is 0 Å². The Morgan fingerprint density at radius 3 is 2.71 bits per heavy atom. The summed E-state index contributed by atoms with van der Waals surface area (Å²) in [4.78, 5) is 11.5. The lowest BCUT2D eigenvalue weighted by atomic mass is 9.77. The first-order valence-electron chi connectivity index (χ1n) is 5.10. The Kier molecular flexibility index (Phi) is 4.89. The van der Waals surface area contributed by atoms with E-state index in [9.17, 15) is 4.79 Å². The van der Waals surface area contributed by atoms with Crippen LogP contribution < -0.4 is 5.32 Å². The second kappa shape index (κ2) is 5.71. The van der Waals surface area contributed by atoms with Gasteiger partial charge in [-0.3, -0.25) is 4.79 Å². The highest BCUT2D eigenvalue weighted by molar-refractivity contribution is 9.09. The third-order valence-corrected chi connectivity index (χ3v) is 3.37. The normalized spacial score (nSPS) is 18.7. The van der Waals surface area contributed by atoms with E-state index < -0.39 is 0 Å². The van der Waals surface area contributed by atoms with E-state index in [4.69, 9.17) is 4.74 Å². The number of methoxy groups -OCH3 is 1. The van der Waals surface area contributed by atoms with Crippen molar-refractivity contribution < 1.29 is 9.53 Å². The molecule has 0 unspecified atom stereocenters. The Balaban J connectivity index is 2.18. The highest BCUT2D eigenvalue weighted by Gasteiger charge is 2.38. The average Bonchev–Trinajstić information content (AvgIpc) is 2.12. The number of alkyl halides is 1. The van der Waals surface area contributed by atoms with Gasteiger partial charge in [0.2, 0.25) is 5.91 Å². The van der Waals surface area contributed by atoms with Gasteiger partial charge in [-0.05, 0) is 25.7 Å². The summed E-state index contributed by atoms with van der Waals surface area (Å²) in [5.41, 5.74) is -0.140. The summed E-state index contributed by atoms with van der Waals surface area (Å²) in [6.45, 7) is 0.754. The van der Waals surface area contributed by atoms with Crippen LogP contribution in [0.3, 0.4) is 0 Å². The third kappa shape index (κ3) is 3.24. The summed E-state index contributed by atoms with van der Waals surface area (Å²) in [5, 5.41) is 3.83. The van der Waals surface area contributed by atoms with Crippen molar-refractivity contribution in [1.29, 1.82) is 0 Å². The number of hydrogen-bond donors (Lipinski definition) is 1. The molecule has 14 heavy (non-hydrogen) atoms. The van der Waals surface area contributed by atoms with Crippen LogP contribution in [0, 0.1) is 0 Å². The largest absolute Gasteiger partial charge is 0.378 e. The maximum atomic E-state index is 11.5. The number of carbonyl (C=O) groups excluding carboxylic acids is 1. The second-order valence-electron chi connectivity index (χ2n) is 3.81. The molecule has 0 aromatic rings. The van der Waals surface area contributed by atoms with E-state index in [1.54, 1.807) is 7.11 Å². The molecule has 1 aliphatic rings. The molecule has 1 saturated carbocycles. The lowest BCUT2D eigenvalue weighted by Crippen LogP contribution is -2.44. The quantitative estimate of drug-likeness (QED) is 0.587. The summed E-state index contributed by atoms with van der Waals surface area (Å²) < 4.78 is 5.38. The van der Waals surface area contributed by atoms with Crippen LogP contribution in [0.4, 0.5) is 0 Å². The minimum absolute atomic E-state index is 0.118. The predicted molar refractivity (Wildman–Crippen MR) is 59.6 cm³/mol. The number of halogens is 1. The Bertz CT molecular complexity index is 187. The number of nitrogens with one attached hydrogen (secondary N) is 1. The van der Waals surface area contributed by atoms with Crippen molar-refractivity contribution in [1.82, 2.24) is 5.32 Å². The zero-order valence-electron chi connectivity index (χ0n) is 8.64. The van der Waals surface area contributed by atoms with Gasteiger partial charge in [-0.25, -0.2) is 0 Å². The lowest BCUT2D eigenvalue weighted by Gasteiger charge is -2.39. The molecule has 0 aromatic heterocycles. The molecule has 0 bridgehead atoms. The molecule has 0 radical (unpaired) electrons.